The van der Waals surface area contributed by atoms with Gasteiger partial charge in [0.25, 0.3) is 0 Å². The van der Waals surface area contributed by atoms with Gasteiger partial charge in [-0.2, -0.15) is 0 Å². The normalized spacial score (nSPS) is 13.0. The first-order chi connectivity index (χ1) is 9.96. The van der Waals surface area contributed by atoms with E-state index in [2.05, 4.69) is 4.72 Å². The van der Waals surface area contributed by atoms with Crippen molar-refractivity contribution in [1.82, 2.24) is 4.72 Å². The van der Waals surface area contributed by atoms with E-state index in [0.717, 1.165) is 0 Å². The second-order valence-corrected chi connectivity index (χ2v) is 6.32. The van der Waals surface area contributed by atoms with Gasteiger partial charge in [0.15, 0.2) is 0 Å². The van der Waals surface area contributed by atoms with Crippen molar-refractivity contribution >= 4 is 15.7 Å². The molecule has 8 heteroatoms. The third-order valence-electron chi connectivity index (χ3n) is 2.72. The van der Waals surface area contributed by atoms with Crippen molar-refractivity contribution in [3.8, 4) is 5.75 Å². The lowest BCUT2D eigenvalue weighted by molar-refractivity contribution is 0.0320. The van der Waals surface area contributed by atoms with Crippen LogP contribution in [0.4, 0.5) is 5.69 Å². The standard InChI is InChI=1S/C13H22N2O5S/c1-18-10-13(19-2)9-15-21(16,17)8-7-20-12-5-3-11(14)4-6-12/h3-6,13,15H,7-10,14H2,1-2H3. The predicted octanol–water partition coefficient (Wildman–Crippen LogP) is 0.228. The molecule has 0 amide bonds. The summed E-state index contributed by atoms with van der Waals surface area (Å²) in [4.78, 5) is 0. The lowest BCUT2D eigenvalue weighted by Gasteiger charge is -2.15. The number of nitrogen functional groups attached to an aromatic ring is 1. The van der Waals surface area contributed by atoms with E-state index in [9.17, 15) is 8.42 Å². The summed E-state index contributed by atoms with van der Waals surface area (Å²) in [5, 5.41) is 0. The van der Waals surface area contributed by atoms with Crippen LogP contribution in [-0.4, -0.2) is 54.3 Å². The minimum atomic E-state index is -3.42. The number of methoxy groups -OCH3 is 2. The molecule has 120 valence electrons. The van der Waals surface area contributed by atoms with Crippen LogP contribution >= 0.6 is 0 Å². The Kier molecular flexibility index (Phi) is 7.44. The van der Waals surface area contributed by atoms with Crippen LogP contribution in [0.1, 0.15) is 0 Å². The molecule has 0 heterocycles. The largest absolute Gasteiger partial charge is 0.492 e. The highest BCUT2D eigenvalue weighted by Crippen LogP contribution is 2.12. The molecule has 0 saturated carbocycles. The van der Waals surface area contributed by atoms with Crippen LogP contribution in [0.3, 0.4) is 0 Å². The fourth-order valence-electron chi connectivity index (χ4n) is 1.52. The quantitative estimate of drug-likeness (QED) is 0.599. The molecule has 1 unspecified atom stereocenters. The Hall–Kier alpha value is -1.35. The molecule has 3 N–H and O–H groups in total. The highest BCUT2D eigenvalue weighted by molar-refractivity contribution is 7.89. The first kappa shape index (κ1) is 17.7. The summed E-state index contributed by atoms with van der Waals surface area (Å²) in [5.41, 5.74) is 6.17. The van der Waals surface area contributed by atoms with Crippen LogP contribution in [-0.2, 0) is 19.5 Å². The number of anilines is 1. The highest BCUT2D eigenvalue weighted by Gasteiger charge is 2.14. The predicted molar refractivity (Wildman–Crippen MR) is 80.8 cm³/mol. The van der Waals surface area contributed by atoms with Gasteiger partial charge in [-0.3, -0.25) is 0 Å². The SMILES string of the molecule is COCC(CNS(=O)(=O)CCOc1ccc(N)cc1)OC. The Morgan fingerprint density at radius 1 is 1.24 bits per heavy atom. The molecule has 0 aliphatic carbocycles. The van der Waals surface area contributed by atoms with Crippen LogP contribution < -0.4 is 15.2 Å². The monoisotopic (exact) mass is 318 g/mol. The molecule has 0 saturated heterocycles. The third kappa shape index (κ3) is 7.28. The van der Waals surface area contributed by atoms with Crippen molar-refractivity contribution in [1.29, 1.82) is 0 Å². The molecule has 0 aromatic heterocycles. The van der Waals surface area contributed by atoms with Crippen molar-refractivity contribution < 1.29 is 22.6 Å². The second kappa shape index (κ2) is 8.83. The van der Waals surface area contributed by atoms with Crippen LogP contribution in [0.15, 0.2) is 24.3 Å². The average molecular weight is 318 g/mol. The number of benzene rings is 1. The van der Waals surface area contributed by atoms with Crippen LogP contribution in [0.25, 0.3) is 0 Å². The third-order valence-corrected chi connectivity index (χ3v) is 4.03. The van der Waals surface area contributed by atoms with Gasteiger partial charge >= 0.3 is 0 Å². The number of hydrogen-bond acceptors (Lipinski definition) is 6. The van der Waals surface area contributed by atoms with Crippen molar-refractivity contribution in [2.24, 2.45) is 0 Å². The molecule has 0 aliphatic heterocycles. The number of sulfonamides is 1. The first-order valence-electron chi connectivity index (χ1n) is 6.44. The van der Waals surface area contributed by atoms with Gasteiger partial charge in [-0.1, -0.05) is 0 Å². The van der Waals surface area contributed by atoms with E-state index in [0.29, 0.717) is 18.0 Å². The lowest BCUT2D eigenvalue weighted by Crippen LogP contribution is -2.37. The van der Waals surface area contributed by atoms with Gasteiger partial charge in [0.1, 0.15) is 12.4 Å². The summed E-state index contributed by atoms with van der Waals surface area (Å²) in [6, 6.07) is 6.76. The van der Waals surface area contributed by atoms with Crippen LogP contribution in [0.2, 0.25) is 0 Å². The number of nitrogens with one attached hydrogen (secondary N) is 1. The summed E-state index contributed by atoms with van der Waals surface area (Å²) in [7, 11) is -0.388. The molecule has 0 spiro atoms. The van der Waals surface area contributed by atoms with E-state index >= 15 is 0 Å². The minimum Gasteiger partial charge on any atom is -0.492 e. The molecule has 0 aliphatic rings. The molecule has 21 heavy (non-hydrogen) atoms. The van der Waals surface area contributed by atoms with E-state index in [1.165, 1.54) is 14.2 Å². The summed E-state index contributed by atoms with van der Waals surface area (Å²) < 4.78 is 41.4. The summed E-state index contributed by atoms with van der Waals surface area (Å²) >= 11 is 0. The van der Waals surface area contributed by atoms with E-state index in [1.807, 2.05) is 0 Å². The molecule has 1 aromatic carbocycles. The zero-order valence-corrected chi connectivity index (χ0v) is 13.1. The maximum absolute atomic E-state index is 11.8. The molecule has 1 aromatic rings. The van der Waals surface area contributed by atoms with Gasteiger partial charge < -0.3 is 19.9 Å². The Balaban J connectivity index is 2.33. The zero-order chi connectivity index (χ0) is 15.7. The smallest absolute Gasteiger partial charge is 0.215 e. The molecular weight excluding hydrogens is 296 g/mol. The van der Waals surface area contributed by atoms with Crippen molar-refractivity contribution in [3.63, 3.8) is 0 Å². The van der Waals surface area contributed by atoms with Gasteiger partial charge in [0.2, 0.25) is 10.0 Å². The van der Waals surface area contributed by atoms with Gasteiger partial charge in [0.05, 0.1) is 18.5 Å². The number of rotatable bonds is 10. The number of nitrogens with two attached hydrogens (primary N) is 1. The van der Waals surface area contributed by atoms with Gasteiger partial charge in [0, 0.05) is 26.5 Å². The van der Waals surface area contributed by atoms with Crippen LogP contribution in [0.5, 0.6) is 5.75 Å². The summed E-state index contributed by atoms with van der Waals surface area (Å²) in [6.45, 7) is 0.538. The van der Waals surface area contributed by atoms with E-state index in [4.69, 9.17) is 19.9 Å². The van der Waals surface area contributed by atoms with E-state index in [1.54, 1.807) is 24.3 Å². The number of ether oxygens (including phenoxy) is 3. The topological polar surface area (TPSA) is 99.9 Å². The molecular formula is C13H22N2O5S. The van der Waals surface area contributed by atoms with Crippen molar-refractivity contribution in [2.75, 3.05) is 45.5 Å². The Morgan fingerprint density at radius 2 is 1.90 bits per heavy atom. The fourth-order valence-corrected chi connectivity index (χ4v) is 2.41. The Morgan fingerprint density at radius 3 is 2.48 bits per heavy atom. The van der Waals surface area contributed by atoms with Gasteiger partial charge in [-0.05, 0) is 24.3 Å². The maximum atomic E-state index is 11.8. The molecule has 0 bridgehead atoms. The number of hydrogen-bond donors (Lipinski definition) is 2. The zero-order valence-electron chi connectivity index (χ0n) is 12.2. The van der Waals surface area contributed by atoms with E-state index in [-0.39, 0.29) is 25.0 Å². The molecule has 1 atom stereocenters. The maximum Gasteiger partial charge on any atom is 0.215 e. The summed E-state index contributed by atoms with van der Waals surface area (Å²) in [6.07, 6.45) is -0.317. The molecule has 0 fully saturated rings. The molecule has 0 radical (unpaired) electrons. The Labute approximate surface area is 125 Å². The highest BCUT2D eigenvalue weighted by atomic mass is 32.2. The van der Waals surface area contributed by atoms with Crippen molar-refractivity contribution in [3.05, 3.63) is 24.3 Å². The second-order valence-electron chi connectivity index (χ2n) is 4.40. The molecule has 1 rings (SSSR count). The lowest BCUT2D eigenvalue weighted by atomic mass is 10.3. The van der Waals surface area contributed by atoms with E-state index < -0.39 is 10.0 Å². The molecule has 7 nitrogen and oxygen atoms in total. The van der Waals surface area contributed by atoms with Crippen molar-refractivity contribution in [2.45, 2.75) is 6.10 Å². The van der Waals surface area contributed by atoms with Gasteiger partial charge in [-0.25, -0.2) is 13.1 Å². The minimum absolute atomic E-state index is 0.0567. The first-order valence-corrected chi connectivity index (χ1v) is 8.09. The Bertz CT molecular complexity index is 504. The average Bonchev–Trinajstić information content (AvgIpc) is 2.45. The van der Waals surface area contributed by atoms with Gasteiger partial charge in [-0.15, -0.1) is 0 Å². The summed E-state index contributed by atoms with van der Waals surface area (Å²) in [5.74, 6) is 0.439. The fraction of sp³-hybridized carbons (Fsp3) is 0.538. The van der Waals surface area contributed by atoms with Crippen LogP contribution in [0, 0.1) is 0 Å².